The van der Waals surface area contributed by atoms with Gasteiger partial charge in [0.25, 0.3) is 0 Å². The normalized spacial score (nSPS) is 14.0. The van der Waals surface area contributed by atoms with Crippen LogP contribution in [0.3, 0.4) is 0 Å². The zero-order valence-corrected chi connectivity index (χ0v) is 11.4. The summed E-state index contributed by atoms with van der Waals surface area (Å²) in [5, 5.41) is 9.33. The molecule has 0 amide bonds. The lowest BCUT2D eigenvalue weighted by Crippen LogP contribution is -2.11. The van der Waals surface area contributed by atoms with E-state index in [1.807, 2.05) is 12.1 Å². The molecule has 0 spiro atoms. The second-order valence-electron chi connectivity index (χ2n) is 4.44. The molecular weight excluding hydrogens is 290 g/mol. The van der Waals surface area contributed by atoms with E-state index in [1.165, 1.54) is 18.5 Å². The Hall–Kier alpha value is -1.60. The molecule has 0 aromatic carbocycles. The summed E-state index contributed by atoms with van der Waals surface area (Å²) in [7, 11) is 0. The zero-order chi connectivity index (χ0) is 12.5. The molecule has 90 valence electrons. The number of fused-ring (bicyclic) bond motifs is 1. The molecule has 0 N–H and O–H groups in total. The van der Waals surface area contributed by atoms with Gasteiger partial charge in [-0.05, 0) is 47.3 Å². The molecule has 0 aliphatic carbocycles. The van der Waals surface area contributed by atoms with Gasteiger partial charge in [0.15, 0.2) is 0 Å². The van der Waals surface area contributed by atoms with Crippen LogP contribution in [0.4, 0.5) is 0 Å². The fourth-order valence-electron chi connectivity index (χ4n) is 2.61. The van der Waals surface area contributed by atoms with Gasteiger partial charge in [0, 0.05) is 30.2 Å². The summed E-state index contributed by atoms with van der Waals surface area (Å²) < 4.78 is 3.20. The molecule has 2 aromatic rings. The van der Waals surface area contributed by atoms with E-state index in [9.17, 15) is 5.26 Å². The lowest BCUT2D eigenvalue weighted by Gasteiger charge is -2.18. The van der Waals surface area contributed by atoms with Crippen molar-refractivity contribution in [1.29, 1.82) is 5.26 Å². The van der Waals surface area contributed by atoms with Crippen molar-refractivity contribution < 1.29 is 0 Å². The van der Waals surface area contributed by atoms with Crippen molar-refractivity contribution in [3.05, 3.63) is 40.3 Å². The summed E-state index contributed by atoms with van der Waals surface area (Å²) in [6.45, 7) is 0.993. The highest BCUT2D eigenvalue weighted by Gasteiger charge is 2.23. The third-order valence-electron chi connectivity index (χ3n) is 3.42. The number of nitriles is 1. The number of hydrogen-bond acceptors (Lipinski definition) is 2. The summed E-state index contributed by atoms with van der Waals surface area (Å²) >= 11 is 3.60. The number of aromatic nitrogens is 2. The number of halogens is 1. The molecule has 0 radical (unpaired) electrons. The Bertz CT molecular complexity index is 623. The molecule has 0 bridgehead atoms. The van der Waals surface area contributed by atoms with Crippen LogP contribution in [0.15, 0.2) is 29.0 Å². The summed E-state index contributed by atoms with van der Waals surface area (Å²) in [5.41, 5.74) is 4.19. The van der Waals surface area contributed by atoms with E-state index in [0.29, 0.717) is 0 Å². The van der Waals surface area contributed by atoms with Crippen LogP contribution in [0.2, 0.25) is 0 Å². The van der Waals surface area contributed by atoms with Crippen LogP contribution in [0.5, 0.6) is 0 Å². The average Bonchev–Trinajstić information content (AvgIpc) is 2.71. The van der Waals surface area contributed by atoms with Gasteiger partial charge in [0.1, 0.15) is 6.07 Å². The monoisotopic (exact) mass is 301 g/mol. The smallest absolute Gasteiger partial charge is 0.102 e. The van der Waals surface area contributed by atoms with Crippen molar-refractivity contribution in [1.82, 2.24) is 9.55 Å². The topological polar surface area (TPSA) is 41.6 Å². The van der Waals surface area contributed by atoms with Crippen LogP contribution in [-0.2, 0) is 13.0 Å². The summed E-state index contributed by atoms with van der Waals surface area (Å²) in [5.74, 6) is 0. The summed E-state index contributed by atoms with van der Waals surface area (Å²) in [6.07, 6.45) is 6.91. The molecule has 3 nitrogen and oxygen atoms in total. The Labute approximate surface area is 114 Å². The number of hydrogen-bond donors (Lipinski definition) is 0. The molecule has 2 aromatic heterocycles. The van der Waals surface area contributed by atoms with Crippen molar-refractivity contribution in [2.75, 3.05) is 0 Å². The van der Waals surface area contributed by atoms with E-state index in [0.717, 1.165) is 34.3 Å². The first-order valence-corrected chi connectivity index (χ1v) is 6.83. The van der Waals surface area contributed by atoms with Gasteiger partial charge in [-0.25, -0.2) is 0 Å². The lowest BCUT2D eigenvalue weighted by atomic mass is 10.1. The number of rotatable bonds is 1. The molecule has 1 aliphatic heterocycles. The average molecular weight is 302 g/mol. The molecular formula is C14H12BrN3. The Morgan fingerprint density at radius 2 is 2.06 bits per heavy atom. The van der Waals surface area contributed by atoms with E-state index in [1.54, 1.807) is 12.4 Å². The van der Waals surface area contributed by atoms with E-state index in [4.69, 9.17) is 0 Å². The van der Waals surface area contributed by atoms with Gasteiger partial charge in [-0.1, -0.05) is 0 Å². The Kier molecular flexibility index (Phi) is 2.92. The molecule has 0 unspecified atom stereocenters. The first kappa shape index (κ1) is 11.5. The molecule has 0 saturated heterocycles. The highest BCUT2D eigenvalue weighted by molar-refractivity contribution is 9.10. The van der Waals surface area contributed by atoms with Crippen LogP contribution in [0, 0.1) is 11.3 Å². The quantitative estimate of drug-likeness (QED) is 0.808. The maximum Gasteiger partial charge on any atom is 0.102 e. The Morgan fingerprint density at radius 3 is 2.78 bits per heavy atom. The minimum Gasteiger partial charge on any atom is -0.342 e. The van der Waals surface area contributed by atoms with E-state index in [-0.39, 0.29) is 0 Å². The van der Waals surface area contributed by atoms with Crippen LogP contribution >= 0.6 is 15.9 Å². The van der Waals surface area contributed by atoms with Gasteiger partial charge >= 0.3 is 0 Å². The van der Waals surface area contributed by atoms with Gasteiger partial charge < -0.3 is 4.57 Å². The SMILES string of the molecule is N#Cc1c(Br)c(-c2ccncc2)n2c1CCCC2. The van der Waals surface area contributed by atoms with Crippen molar-refractivity contribution >= 4 is 15.9 Å². The van der Waals surface area contributed by atoms with Gasteiger partial charge in [0.2, 0.25) is 0 Å². The maximum atomic E-state index is 9.33. The molecule has 18 heavy (non-hydrogen) atoms. The zero-order valence-electron chi connectivity index (χ0n) is 9.86. The first-order chi connectivity index (χ1) is 8.83. The predicted molar refractivity (Wildman–Crippen MR) is 73.0 cm³/mol. The molecule has 1 aliphatic rings. The van der Waals surface area contributed by atoms with E-state index in [2.05, 4.69) is 31.6 Å². The van der Waals surface area contributed by atoms with Crippen LogP contribution in [0.1, 0.15) is 24.1 Å². The Morgan fingerprint density at radius 1 is 1.28 bits per heavy atom. The number of nitrogens with zero attached hydrogens (tertiary/aromatic N) is 3. The largest absolute Gasteiger partial charge is 0.342 e. The van der Waals surface area contributed by atoms with E-state index < -0.39 is 0 Å². The predicted octanol–water partition coefficient (Wildman–Crippen LogP) is 3.52. The van der Waals surface area contributed by atoms with Gasteiger partial charge in [-0.2, -0.15) is 5.26 Å². The summed E-state index contributed by atoms with van der Waals surface area (Å²) in [4.78, 5) is 4.05. The summed E-state index contributed by atoms with van der Waals surface area (Å²) in [6, 6.07) is 6.31. The Balaban J connectivity index is 2.27. The van der Waals surface area contributed by atoms with Gasteiger partial charge in [-0.15, -0.1) is 0 Å². The third kappa shape index (κ3) is 1.67. The fourth-order valence-corrected chi connectivity index (χ4v) is 3.37. The molecule has 0 atom stereocenters. The molecule has 4 heteroatoms. The fraction of sp³-hybridized carbons (Fsp3) is 0.286. The van der Waals surface area contributed by atoms with E-state index >= 15 is 0 Å². The molecule has 0 saturated carbocycles. The first-order valence-electron chi connectivity index (χ1n) is 6.04. The highest BCUT2D eigenvalue weighted by Crippen LogP contribution is 2.38. The second kappa shape index (κ2) is 4.58. The van der Waals surface area contributed by atoms with Crippen LogP contribution in [-0.4, -0.2) is 9.55 Å². The molecule has 0 fully saturated rings. The van der Waals surface area contributed by atoms with Crippen LogP contribution in [0.25, 0.3) is 11.3 Å². The second-order valence-corrected chi connectivity index (χ2v) is 5.23. The van der Waals surface area contributed by atoms with Gasteiger partial charge in [-0.3, -0.25) is 4.98 Å². The van der Waals surface area contributed by atoms with Crippen molar-refractivity contribution in [3.8, 4) is 17.3 Å². The lowest BCUT2D eigenvalue weighted by molar-refractivity contribution is 0.536. The van der Waals surface area contributed by atoms with Crippen molar-refractivity contribution in [2.24, 2.45) is 0 Å². The molecule has 3 heterocycles. The minimum absolute atomic E-state index is 0.793. The van der Waals surface area contributed by atoms with Crippen molar-refractivity contribution in [2.45, 2.75) is 25.8 Å². The van der Waals surface area contributed by atoms with Crippen molar-refractivity contribution in [3.63, 3.8) is 0 Å². The highest BCUT2D eigenvalue weighted by atomic mass is 79.9. The third-order valence-corrected chi connectivity index (χ3v) is 4.19. The standard InChI is InChI=1S/C14H12BrN3/c15-13-11(9-16)12-3-1-2-8-18(12)14(13)10-4-6-17-7-5-10/h4-7H,1-3,8H2. The molecule has 3 rings (SSSR count). The maximum absolute atomic E-state index is 9.33. The minimum atomic E-state index is 0.793. The van der Waals surface area contributed by atoms with Crippen LogP contribution < -0.4 is 0 Å². The number of pyridine rings is 1. The van der Waals surface area contributed by atoms with Gasteiger partial charge in [0.05, 0.1) is 15.7 Å².